The van der Waals surface area contributed by atoms with Crippen molar-refractivity contribution in [2.24, 2.45) is 5.92 Å². The molecule has 2 aromatic carbocycles. The van der Waals surface area contributed by atoms with Gasteiger partial charge < -0.3 is 10.2 Å². The van der Waals surface area contributed by atoms with Crippen molar-refractivity contribution in [2.45, 2.75) is 25.8 Å². The number of para-hydroxylation sites is 1. The third-order valence-corrected chi connectivity index (χ3v) is 5.49. The van der Waals surface area contributed by atoms with Crippen molar-refractivity contribution in [3.63, 3.8) is 0 Å². The predicted octanol–water partition coefficient (Wildman–Crippen LogP) is 2.50. The first-order valence-corrected chi connectivity index (χ1v) is 10.3. The minimum atomic E-state index is -0.325. The minimum absolute atomic E-state index is 0.0482. The highest BCUT2D eigenvalue weighted by Gasteiger charge is 2.28. The van der Waals surface area contributed by atoms with Crippen LogP contribution in [0.2, 0.25) is 0 Å². The lowest BCUT2D eigenvalue weighted by Gasteiger charge is -2.32. The van der Waals surface area contributed by atoms with Crippen molar-refractivity contribution in [3.05, 3.63) is 78.1 Å². The summed E-state index contributed by atoms with van der Waals surface area (Å²) in [5.74, 6) is -0.0950. The van der Waals surface area contributed by atoms with Gasteiger partial charge in [-0.15, -0.1) is 10.2 Å². The van der Waals surface area contributed by atoms with Crippen LogP contribution in [0.25, 0.3) is 5.69 Å². The number of carbonyl (C=O) groups excluding carboxylic acids is 2. The summed E-state index contributed by atoms with van der Waals surface area (Å²) < 4.78 is 14.9. The van der Waals surface area contributed by atoms with Gasteiger partial charge in [-0.25, -0.2) is 4.39 Å². The summed E-state index contributed by atoms with van der Waals surface area (Å²) in [5, 5.41) is 11.0. The zero-order valence-corrected chi connectivity index (χ0v) is 17.1. The van der Waals surface area contributed by atoms with E-state index in [0.29, 0.717) is 18.9 Å². The molecule has 7 nitrogen and oxygen atoms in total. The Balaban J connectivity index is 1.33. The van der Waals surface area contributed by atoms with Crippen molar-refractivity contribution in [1.82, 2.24) is 25.0 Å². The molecule has 1 aliphatic rings. The number of halogens is 1. The molecule has 160 valence electrons. The molecular formula is C23H24FN5O2. The van der Waals surface area contributed by atoms with E-state index in [1.807, 2.05) is 34.9 Å². The van der Waals surface area contributed by atoms with Crippen LogP contribution in [0, 0.1) is 11.7 Å². The molecule has 1 aromatic heterocycles. The second-order valence-corrected chi connectivity index (χ2v) is 7.65. The van der Waals surface area contributed by atoms with Gasteiger partial charge in [0, 0.05) is 18.8 Å². The number of nitrogens with zero attached hydrogens (tertiary/aromatic N) is 4. The molecule has 2 heterocycles. The van der Waals surface area contributed by atoms with Gasteiger partial charge in [-0.2, -0.15) is 0 Å². The summed E-state index contributed by atoms with van der Waals surface area (Å²) in [4.78, 5) is 27.1. The molecule has 0 spiro atoms. The summed E-state index contributed by atoms with van der Waals surface area (Å²) in [6.45, 7) is 1.27. The number of hydrogen-bond donors (Lipinski definition) is 1. The van der Waals surface area contributed by atoms with E-state index in [1.165, 1.54) is 12.1 Å². The second kappa shape index (κ2) is 9.51. The van der Waals surface area contributed by atoms with Crippen LogP contribution in [0.1, 0.15) is 24.2 Å². The molecule has 31 heavy (non-hydrogen) atoms. The summed E-state index contributed by atoms with van der Waals surface area (Å²) in [6, 6.07) is 15.6. The fourth-order valence-electron chi connectivity index (χ4n) is 3.80. The average Bonchev–Trinajstić information content (AvgIpc) is 3.28. The lowest BCUT2D eigenvalue weighted by molar-refractivity contribution is -0.135. The molecular weight excluding hydrogens is 397 g/mol. The fourth-order valence-corrected chi connectivity index (χ4v) is 3.80. The van der Waals surface area contributed by atoms with Crippen molar-refractivity contribution in [1.29, 1.82) is 0 Å². The molecule has 1 saturated heterocycles. The van der Waals surface area contributed by atoms with E-state index < -0.39 is 0 Å². The molecule has 1 N–H and O–H groups in total. The quantitative estimate of drug-likeness (QED) is 0.663. The molecule has 1 fully saturated rings. The lowest BCUT2D eigenvalue weighted by atomic mass is 9.96. The van der Waals surface area contributed by atoms with Crippen molar-refractivity contribution in [2.75, 3.05) is 13.1 Å². The van der Waals surface area contributed by atoms with Crippen LogP contribution < -0.4 is 5.32 Å². The summed E-state index contributed by atoms with van der Waals surface area (Å²) in [5.41, 5.74) is 1.69. The zero-order chi connectivity index (χ0) is 21.6. The first-order chi connectivity index (χ1) is 15.1. The van der Waals surface area contributed by atoms with Gasteiger partial charge in [-0.3, -0.25) is 14.2 Å². The highest BCUT2D eigenvalue weighted by molar-refractivity contribution is 5.82. The van der Waals surface area contributed by atoms with E-state index in [1.54, 1.807) is 23.4 Å². The highest BCUT2D eigenvalue weighted by atomic mass is 19.1. The summed E-state index contributed by atoms with van der Waals surface area (Å²) >= 11 is 0. The summed E-state index contributed by atoms with van der Waals surface area (Å²) in [6.07, 6.45) is 3.33. The highest BCUT2D eigenvalue weighted by Crippen LogP contribution is 2.18. The van der Waals surface area contributed by atoms with Gasteiger partial charge in [0.2, 0.25) is 11.8 Å². The van der Waals surface area contributed by atoms with E-state index in [9.17, 15) is 14.0 Å². The molecule has 0 radical (unpaired) electrons. The maximum Gasteiger partial charge on any atom is 0.227 e. The maximum atomic E-state index is 13.1. The topological polar surface area (TPSA) is 80.1 Å². The van der Waals surface area contributed by atoms with Crippen molar-refractivity contribution < 1.29 is 14.0 Å². The van der Waals surface area contributed by atoms with Crippen molar-refractivity contribution >= 4 is 11.8 Å². The number of piperidine rings is 1. The van der Waals surface area contributed by atoms with E-state index >= 15 is 0 Å². The molecule has 4 rings (SSSR count). The molecule has 0 aliphatic carbocycles. The molecule has 0 bridgehead atoms. The van der Waals surface area contributed by atoms with Gasteiger partial charge in [0.1, 0.15) is 12.1 Å². The first-order valence-electron chi connectivity index (χ1n) is 10.3. The lowest BCUT2D eigenvalue weighted by Crippen LogP contribution is -2.45. The third kappa shape index (κ3) is 5.14. The normalized spacial score (nSPS) is 16.2. The van der Waals surface area contributed by atoms with Crippen LogP contribution in [0.4, 0.5) is 4.39 Å². The number of rotatable bonds is 6. The van der Waals surface area contributed by atoms with Gasteiger partial charge >= 0.3 is 0 Å². The number of hydrogen-bond acceptors (Lipinski definition) is 4. The van der Waals surface area contributed by atoms with Crippen LogP contribution in [0.15, 0.2) is 60.9 Å². The Hall–Kier alpha value is -3.55. The Kier molecular flexibility index (Phi) is 6.35. The van der Waals surface area contributed by atoms with Crippen LogP contribution in [0.3, 0.4) is 0 Å². The van der Waals surface area contributed by atoms with Crippen LogP contribution >= 0.6 is 0 Å². The fraction of sp³-hybridized carbons (Fsp3) is 0.304. The monoisotopic (exact) mass is 421 g/mol. The van der Waals surface area contributed by atoms with Crippen LogP contribution in [-0.4, -0.2) is 44.6 Å². The first kappa shape index (κ1) is 20.7. The van der Waals surface area contributed by atoms with E-state index in [-0.39, 0.29) is 36.5 Å². The van der Waals surface area contributed by atoms with E-state index in [0.717, 1.165) is 24.1 Å². The maximum absolute atomic E-state index is 13.1. The van der Waals surface area contributed by atoms with Gasteiger partial charge in [-0.05, 0) is 42.7 Å². The SMILES string of the molecule is O=C(NCc1nncn1-c1ccccc1)C1CCCN(C(=O)Cc2ccc(F)cc2)C1. The molecule has 0 saturated carbocycles. The van der Waals surface area contributed by atoms with Crippen LogP contribution in [0.5, 0.6) is 0 Å². The number of aromatic nitrogens is 3. The number of amides is 2. The molecule has 1 aliphatic heterocycles. The van der Waals surface area contributed by atoms with Crippen molar-refractivity contribution in [3.8, 4) is 5.69 Å². The average molecular weight is 421 g/mol. The molecule has 3 aromatic rings. The number of benzene rings is 2. The Morgan fingerprint density at radius 3 is 2.65 bits per heavy atom. The van der Waals surface area contributed by atoms with Gasteiger partial charge in [0.25, 0.3) is 0 Å². The third-order valence-electron chi connectivity index (χ3n) is 5.49. The molecule has 2 amide bonds. The Morgan fingerprint density at radius 1 is 1.10 bits per heavy atom. The Morgan fingerprint density at radius 2 is 1.87 bits per heavy atom. The molecule has 1 atom stereocenters. The second-order valence-electron chi connectivity index (χ2n) is 7.65. The van der Waals surface area contributed by atoms with Crippen LogP contribution in [-0.2, 0) is 22.6 Å². The molecule has 1 unspecified atom stereocenters. The van der Waals surface area contributed by atoms with E-state index in [4.69, 9.17) is 0 Å². The standard InChI is InChI=1S/C23H24FN5O2/c24-19-10-8-17(9-11-19)13-22(30)28-12-4-5-18(15-28)23(31)25-14-21-27-26-16-29(21)20-6-2-1-3-7-20/h1-3,6-11,16,18H,4-5,12-15H2,(H,25,31). The Labute approximate surface area is 179 Å². The van der Waals surface area contributed by atoms with E-state index in [2.05, 4.69) is 15.5 Å². The van der Waals surface area contributed by atoms with Gasteiger partial charge in [0.15, 0.2) is 5.82 Å². The van der Waals surface area contributed by atoms with Gasteiger partial charge in [-0.1, -0.05) is 30.3 Å². The zero-order valence-electron chi connectivity index (χ0n) is 17.1. The summed E-state index contributed by atoms with van der Waals surface area (Å²) in [7, 11) is 0. The smallest absolute Gasteiger partial charge is 0.227 e. The number of carbonyl (C=O) groups is 2. The van der Waals surface area contributed by atoms with Gasteiger partial charge in [0.05, 0.1) is 18.9 Å². The minimum Gasteiger partial charge on any atom is -0.348 e. The Bertz CT molecular complexity index is 1040. The largest absolute Gasteiger partial charge is 0.348 e. The number of likely N-dealkylation sites (tertiary alicyclic amines) is 1. The number of nitrogens with one attached hydrogen (secondary N) is 1. The molecule has 8 heteroatoms. The predicted molar refractivity (Wildman–Crippen MR) is 113 cm³/mol.